The summed E-state index contributed by atoms with van der Waals surface area (Å²) in [6.45, 7) is 1.98. The average Bonchev–Trinajstić information content (AvgIpc) is 3.32. The molecule has 1 atom stereocenters. The van der Waals surface area contributed by atoms with Crippen LogP contribution in [0.2, 0.25) is 0 Å². The maximum atomic E-state index is 14.1. The van der Waals surface area contributed by atoms with E-state index in [0.29, 0.717) is 16.9 Å². The van der Waals surface area contributed by atoms with Crippen molar-refractivity contribution in [3.05, 3.63) is 70.6 Å². The number of benzene rings is 2. The molecule has 7 heteroatoms. The van der Waals surface area contributed by atoms with Crippen molar-refractivity contribution in [2.45, 2.75) is 30.2 Å². The van der Waals surface area contributed by atoms with Crippen LogP contribution in [0.4, 0.5) is 4.39 Å². The lowest BCUT2D eigenvalue weighted by Crippen LogP contribution is -2.32. The van der Waals surface area contributed by atoms with Crippen molar-refractivity contribution in [3.8, 4) is 0 Å². The van der Waals surface area contributed by atoms with Gasteiger partial charge in [0, 0.05) is 34.2 Å². The fraction of sp³-hybridized carbons (Fsp3) is 0.273. The molecule has 0 N–H and O–H groups in total. The second kappa shape index (κ2) is 7.07. The van der Waals surface area contributed by atoms with Crippen LogP contribution in [0.15, 0.2) is 64.1 Å². The summed E-state index contributed by atoms with van der Waals surface area (Å²) in [5.41, 5.74) is 2.42. The first-order chi connectivity index (χ1) is 13.9. The number of aromatic nitrogens is 1. The van der Waals surface area contributed by atoms with Crippen LogP contribution in [0.25, 0.3) is 16.5 Å². The summed E-state index contributed by atoms with van der Waals surface area (Å²) in [6, 6.07) is 11.4. The van der Waals surface area contributed by atoms with E-state index in [0.717, 1.165) is 41.5 Å². The van der Waals surface area contributed by atoms with Crippen LogP contribution in [-0.2, 0) is 10.0 Å². The Morgan fingerprint density at radius 2 is 1.90 bits per heavy atom. The number of rotatable bonds is 3. The Kier molecular flexibility index (Phi) is 4.64. The van der Waals surface area contributed by atoms with E-state index in [1.807, 2.05) is 0 Å². The van der Waals surface area contributed by atoms with E-state index >= 15 is 0 Å². The molecule has 1 saturated heterocycles. The van der Waals surface area contributed by atoms with Crippen molar-refractivity contribution in [1.82, 2.24) is 8.87 Å². The topological polar surface area (TPSA) is 42.3 Å². The monoisotopic (exact) mass is 474 g/mol. The van der Waals surface area contributed by atoms with E-state index in [9.17, 15) is 12.8 Å². The van der Waals surface area contributed by atoms with E-state index < -0.39 is 10.0 Å². The maximum absolute atomic E-state index is 14.1. The van der Waals surface area contributed by atoms with E-state index in [4.69, 9.17) is 0 Å². The lowest BCUT2D eigenvalue weighted by molar-refractivity contribution is 0.275. The van der Waals surface area contributed by atoms with E-state index in [1.54, 1.807) is 36.5 Å². The van der Waals surface area contributed by atoms with Crippen molar-refractivity contribution < 1.29 is 12.8 Å². The summed E-state index contributed by atoms with van der Waals surface area (Å²) in [4.78, 5) is 2.66. The lowest BCUT2D eigenvalue weighted by Gasteiger charge is -2.29. The quantitative estimate of drug-likeness (QED) is 0.534. The summed E-state index contributed by atoms with van der Waals surface area (Å²) < 4.78 is 42.9. The van der Waals surface area contributed by atoms with Crippen LogP contribution in [0.1, 0.15) is 24.8 Å². The number of nitrogens with zero attached hydrogens (tertiary/aromatic N) is 2. The molecule has 0 bridgehead atoms. The molecule has 2 aliphatic rings. The van der Waals surface area contributed by atoms with Gasteiger partial charge in [0.05, 0.1) is 10.4 Å². The van der Waals surface area contributed by atoms with Gasteiger partial charge in [-0.05, 0) is 73.8 Å². The van der Waals surface area contributed by atoms with Gasteiger partial charge >= 0.3 is 0 Å². The van der Waals surface area contributed by atoms with Crippen molar-refractivity contribution in [3.63, 3.8) is 0 Å². The predicted molar refractivity (Wildman–Crippen MR) is 116 cm³/mol. The first-order valence-electron chi connectivity index (χ1n) is 9.69. The first-order valence-corrected chi connectivity index (χ1v) is 11.9. The highest BCUT2D eigenvalue weighted by Gasteiger charge is 2.30. The highest BCUT2D eigenvalue weighted by molar-refractivity contribution is 9.10. The molecular formula is C22H20BrFN2O2S. The number of hydrogen-bond donors (Lipinski definition) is 0. The van der Waals surface area contributed by atoms with Crippen molar-refractivity contribution in [1.29, 1.82) is 0 Å². The van der Waals surface area contributed by atoms with Crippen LogP contribution in [-0.4, -0.2) is 36.4 Å². The van der Waals surface area contributed by atoms with Gasteiger partial charge in [-0.25, -0.2) is 16.8 Å². The Bertz CT molecular complexity index is 1230. The molecule has 2 aliphatic heterocycles. The van der Waals surface area contributed by atoms with Gasteiger partial charge in [-0.1, -0.05) is 22.0 Å². The van der Waals surface area contributed by atoms with Gasteiger partial charge in [0.15, 0.2) is 0 Å². The molecule has 0 spiro atoms. The highest BCUT2D eigenvalue weighted by Crippen LogP contribution is 2.37. The molecule has 29 heavy (non-hydrogen) atoms. The summed E-state index contributed by atoms with van der Waals surface area (Å²) in [5, 5.41) is 0.642. The van der Waals surface area contributed by atoms with Gasteiger partial charge in [-0.15, -0.1) is 0 Å². The third-order valence-electron chi connectivity index (χ3n) is 5.98. The fourth-order valence-electron chi connectivity index (χ4n) is 4.50. The fourth-order valence-corrected chi connectivity index (χ4v) is 6.13. The molecule has 4 nitrogen and oxygen atoms in total. The molecular weight excluding hydrogens is 455 g/mol. The number of fused-ring (bicyclic) bond motifs is 2. The van der Waals surface area contributed by atoms with Crippen LogP contribution >= 0.6 is 15.9 Å². The third kappa shape index (κ3) is 3.25. The Balaban J connectivity index is 1.67. The summed E-state index contributed by atoms with van der Waals surface area (Å²) in [7, 11) is -3.79. The van der Waals surface area contributed by atoms with E-state index in [2.05, 4.69) is 26.9 Å². The normalized spacial score (nSPS) is 20.1. The minimum absolute atomic E-state index is 0.202. The molecule has 2 aromatic carbocycles. The molecule has 1 fully saturated rings. The van der Waals surface area contributed by atoms with Gasteiger partial charge in [0.1, 0.15) is 5.82 Å². The van der Waals surface area contributed by atoms with Crippen LogP contribution in [0.5, 0.6) is 0 Å². The molecule has 150 valence electrons. The first kappa shape index (κ1) is 19.0. The van der Waals surface area contributed by atoms with Crippen molar-refractivity contribution in [2.24, 2.45) is 0 Å². The minimum Gasteiger partial charge on any atom is -0.296 e. The standard InChI is InChI=1S/C22H20BrFN2O2S/c23-16-3-6-19(7-4-16)29(27,28)26-14-21(20-13-17(24)5-8-22(20)26)15-9-11-25-10-1-2-18(25)12-15/h3-9,13-14,18H,1-2,10-12H2. The van der Waals surface area contributed by atoms with Crippen LogP contribution in [0.3, 0.4) is 0 Å². The number of hydrogen-bond acceptors (Lipinski definition) is 3. The van der Waals surface area contributed by atoms with Crippen LogP contribution in [0, 0.1) is 5.82 Å². The molecule has 0 saturated carbocycles. The maximum Gasteiger partial charge on any atom is 0.268 e. The predicted octanol–water partition coefficient (Wildman–Crippen LogP) is 5.03. The molecule has 3 aromatic rings. The highest BCUT2D eigenvalue weighted by atomic mass is 79.9. The minimum atomic E-state index is -3.79. The SMILES string of the molecule is O=S(=O)(c1ccc(Br)cc1)n1cc(C2=CCN3CCCC3C2)c2cc(F)ccc21. The molecule has 1 unspecified atom stereocenters. The van der Waals surface area contributed by atoms with Gasteiger partial charge in [-0.3, -0.25) is 4.90 Å². The van der Waals surface area contributed by atoms with Crippen molar-refractivity contribution >= 4 is 42.4 Å². The van der Waals surface area contributed by atoms with Gasteiger partial charge in [0.25, 0.3) is 10.0 Å². The van der Waals surface area contributed by atoms with Gasteiger partial charge in [-0.2, -0.15) is 0 Å². The number of halogens is 2. The summed E-state index contributed by atoms with van der Waals surface area (Å²) >= 11 is 3.34. The zero-order chi connectivity index (χ0) is 20.2. The Hall–Kier alpha value is -1.96. The van der Waals surface area contributed by atoms with E-state index in [1.165, 1.54) is 22.5 Å². The Morgan fingerprint density at radius 3 is 2.69 bits per heavy atom. The van der Waals surface area contributed by atoms with Crippen molar-refractivity contribution in [2.75, 3.05) is 13.1 Å². The molecule has 1 aromatic heterocycles. The zero-order valence-corrected chi connectivity index (χ0v) is 18.1. The summed E-state index contributed by atoms with van der Waals surface area (Å²) in [6.07, 6.45) is 7.05. The third-order valence-corrected chi connectivity index (χ3v) is 8.19. The Labute approximate surface area is 177 Å². The van der Waals surface area contributed by atoms with Gasteiger partial charge < -0.3 is 0 Å². The molecule has 3 heterocycles. The second-order valence-electron chi connectivity index (χ2n) is 7.68. The largest absolute Gasteiger partial charge is 0.296 e. The van der Waals surface area contributed by atoms with Gasteiger partial charge in [0.2, 0.25) is 0 Å². The molecule has 0 aliphatic carbocycles. The van der Waals surface area contributed by atoms with E-state index in [-0.39, 0.29) is 10.7 Å². The molecule has 0 radical (unpaired) electrons. The smallest absolute Gasteiger partial charge is 0.268 e. The lowest BCUT2D eigenvalue weighted by atomic mass is 9.94. The van der Waals surface area contributed by atoms with Crippen LogP contribution < -0.4 is 0 Å². The molecule has 0 amide bonds. The average molecular weight is 475 g/mol. The summed E-state index contributed by atoms with van der Waals surface area (Å²) in [5.74, 6) is -0.364. The molecule has 5 rings (SSSR count). The zero-order valence-electron chi connectivity index (χ0n) is 15.7. The Morgan fingerprint density at radius 1 is 1.10 bits per heavy atom. The second-order valence-corrected chi connectivity index (χ2v) is 10.4.